The summed E-state index contributed by atoms with van der Waals surface area (Å²) in [7, 11) is 2.55. The summed E-state index contributed by atoms with van der Waals surface area (Å²) in [5.41, 5.74) is -1.83. The standard InChI is InChI=1S/C56H72BClF2N6O13/c1-53(2,3)76-49(69)41-36(59)17-16-31(44(41)73-10)25-40(57-78-39-27-33-26-38(55(33,7)8)56(39,9)79-57)62-47(67)43(35-28-37(60)45(74-11)46(75-12)42(35)58)63-50(70)66-23-22-65(52(66)72)34-18-20-64(21-19-34)48(68)32-15-13-14-30(24-32)29-61-51(71)77-54(4,5)6/h13-17,24,28,33-34,38-40,43H,18-23,25-27,29H2,1-12H3,(H,61,71)(H,62,67)(H,63,70)/t33-,38-,39+,40?,43?,56-/m0/s1. The molecule has 2 unspecified atom stereocenters. The summed E-state index contributed by atoms with van der Waals surface area (Å²) in [4.78, 5) is 87.8. The Morgan fingerprint density at radius 2 is 1.51 bits per heavy atom. The predicted octanol–water partition coefficient (Wildman–Crippen LogP) is 8.41. The molecule has 3 N–H and O–H groups in total. The second kappa shape index (κ2) is 22.6. The third-order valence-electron chi connectivity index (χ3n) is 16.0. The van der Waals surface area contributed by atoms with E-state index in [1.807, 2.05) is 6.92 Å². The normalized spacial score (nSPS) is 22.5. The Morgan fingerprint density at radius 1 is 0.835 bits per heavy atom. The summed E-state index contributed by atoms with van der Waals surface area (Å²) < 4.78 is 72.6. The number of likely N-dealkylation sites (tertiary alicyclic amines) is 1. The molecule has 0 spiro atoms. The third-order valence-corrected chi connectivity index (χ3v) is 16.3. The molecule has 79 heavy (non-hydrogen) atoms. The molecule has 9 rings (SSSR count). The molecule has 0 radical (unpaired) electrons. The van der Waals surface area contributed by atoms with Crippen LogP contribution in [-0.4, -0.2) is 140 Å². The van der Waals surface area contributed by atoms with Crippen LogP contribution in [-0.2, 0) is 36.5 Å². The lowest BCUT2D eigenvalue weighted by molar-refractivity contribution is -0.199. The van der Waals surface area contributed by atoms with Gasteiger partial charge >= 0.3 is 31.2 Å². The molecule has 3 aromatic rings. The Hall–Kier alpha value is -6.39. The van der Waals surface area contributed by atoms with Gasteiger partial charge in [-0.05, 0) is 133 Å². The quantitative estimate of drug-likeness (QED) is 0.0965. The Morgan fingerprint density at radius 3 is 2.14 bits per heavy atom. The Balaban J connectivity index is 1.03. The van der Waals surface area contributed by atoms with Crippen LogP contribution in [0.25, 0.3) is 0 Å². The number of imide groups is 1. The summed E-state index contributed by atoms with van der Waals surface area (Å²) in [6, 6.07) is 6.54. The maximum atomic E-state index is 16.0. The molecule has 23 heteroatoms. The van der Waals surface area contributed by atoms with Crippen molar-refractivity contribution in [3.63, 3.8) is 0 Å². The topological polar surface area (TPSA) is 213 Å². The average molecular weight is 1120 g/mol. The number of hydrogen-bond donors (Lipinski definition) is 3. The number of alkyl carbamates (subject to hydrolysis) is 1. The molecule has 19 nitrogen and oxygen atoms in total. The molecule has 6 aliphatic rings. The van der Waals surface area contributed by atoms with E-state index in [1.54, 1.807) is 75.6 Å². The van der Waals surface area contributed by atoms with E-state index in [0.717, 1.165) is 23.5 Å². The fourth-order valence-corrected chi connectivity index (χ4v) is 12.3. The zero-order valence-corrected chi connectivity index (χ0v) is 47.7. The highest BCUT2D eigenvalue weighted by Gasteiger charge is 2.68. The van der Waals surface area contributed by atoms with Gasteiger partial charge in [-0.25, -0.2) is 32.9 Å². The van der Waals surface area contributed by atoms with Crippen molar-refractivity contribution in [2.45, 2.75) is 142 Å². The Labute approximate surface area is 465 Å². The molecule has 3 saturated carbocycles. The highest BCUT2D eigenvalue weighted by Crippen LogP contribution is 2.66. The van der Waals surface area contributed by atoms with E-state index < -0.39 is 83.1 Å². The number of carbonyl (C=O) groups excluding carboxylic acids is 6. The molecule has 7 amide bonds. The van der Waals surface area contributed by atoms with Crippen molar-refractivity contribution in [3.8, 4) is 17.2 Å². The number of methoxy groups -OCH3 is 3. The van der Waals surface area contributed by atoms with E-state index in [1.165, 1.54) is 27.4 Å². The Bertz CT molecular complexity index is 2880. The first-order valence-corrected chi connectivity index (χ1v) is 27.0. The number of ether oxygens (including phenoxy) is 5. The van der Waals surface area contributed by atoms with Gasteiger partial charge in [-0.2, -0.15) is 0 Å². The number of halogens is 3. The lowest BCUT2D eigenvalue weighted by atomic mass is 9.43. The van der Waals surface area contributed by atoms with Crippen molar-refractivity contribution in [3.05, 3.63) is 86.9 Å². The van der Waals surface area contributed by atoms with Gasteiger partial charge in [0.15, 0.2) is 17.3 Å². The molecule has 2 bridgehead atoms. The lowest BCUT2D eigenvalue weighted by Crippen LogP contribution is -2.65. The number of piperidine rings is 1. The smallest absolute Gasteiger partial charge is 0.482 e. The largest absolute Gasteiger partial charge is 0.495 e. The third kappa shape index (κ3) is 12.1. The Kier molecular flexibility index (Phi) is 16.8. The number of nitrogens with one attached hydrogen (secondary N) is 3. The molecule has 6 fully saturated rings. The first-order valence-electron chi connectivity index (χ1n) is 26.6. The number of hydrogen-bond acceptors (Lipinski definition) is 13. The van der Waals surface area contributed by atoms with E-state index >= 15 is 13.6 Å². The molecule has 3 aliphatic carbocycles. The lowest BCUT2D eigenvalue weighted by Gasteiger charge is -2.64. The van der Waals surface area contributed by atoms with Gasteiger partial charge in [0.1, 0.15) is 34.4 Å². The van der Waals surface area contributed by atoms with Crippen molar-refractivity contribution in [2.75, 3.05) is 47.5 Å². The second-order valence-corrected chi connectivity index (χ2v) is 24.1. The minimum Gasteiger partial charge on any atom is -0.495 e. The molecular formula is C56H72BClF2N6O13. The first kappa shape index (κ1) is 58.8. The average Bonchev–Trinajstić information content (AvgIpc) is 3.53. The molecular weight excluding hydrogens is 1050 g/mol. The molecule has 3 saturated heterocycles. The predicted molar refractivity (Wildman–Crippen MR) is 287 cm³/mol. The minimum absolute atomic E-state index is 0.0633. The zero-order chi connectivity index (χ0) is 57.7. The number of benzene rings is 3. The summed E-state index contributed by atoms with van der Waals surface area (Å²) in [5.74, 6) is -5.52. The van der Waals surface area contributed by atoms with Crippen molar-refractivity contribution in [2.24, 2.45) is 17.3 Å². The van der Waals surface area contributed by atoms with Gasteiger partial charge in [0.05, 0.1) is 44.0 Å². The van der Waals surface area contributed by atoms with Crippen LogP contribution >= 0.6 is 11.6 Å². The number of carbonyl (C=O) groups is 6. The summed E-state index contributed by atoms with van der Waals surface area (Å²) in [5, 5.41) is 8.04. The molecule has 428 valence electrons. The number of urea groups is 2. The summed E-state index contributed by atoms with van der Waals surface area (Å²) in [6.07, 6.45) is 1.26. The van der Waals surface area contributed by atoms with E-state index in [2.05, 4.69) is 29.8 Å². The van der Waals surface area contributed by atoms with Gasteiger partial charge in [-0.15, -0.1) is 0 Å². The molecule has 3 aliphatic heterocycles. The van der Waals surface area contributed by atoms with Gasteiger partial charge < -0.3 is 58.7 Å². The summed E-state index contributed by atoms with van der Waals surface area (Å²) in [6.45, 7) is 17.4. The van der Waals surface area contributed by atoms with Crippen LogP contribution in [0, 0.1) is 28.9 Å². The number of amides is 7. The van der Waals surface area contributed by atoms with E-state index in [9.17, 15) is 24.0 Å². The molecule has 0 aromatic heterocycles. The fraction of sp³-hybridized carbons (Fsp3) is 0.571. The van der Waals surface area contributed by atoms with Crippen LogP contribution < -0.4 is 30.2 Å². The van der Waals surface area contributed by atoms with Crippen molar-refractivity contribution >= 4 is 54.7 Å². The van der Waals surface area contributed by atoms with Crippen LogP contribution in [0.15, 0.2) is 42.5 Å². The maximum absolute atomic E-state index is 16.0. The highest BCUT2D eigenvalue weighted by molar-refractivity contribution is 6.48. The first-order chi connectivity index (χ1) is 37.1. The van der Waals surface area contributed by atoms with Crippen LogP contribution in [0.3, 0.4) is 0 Å². The number of rotatable bonds is 15. The van der Waals surface area contributed by atoms with Gasteiger partial charge in [0.2, 0.25) is 5.91 Å². The SMILES string of the molecule is COc1c(F)cc(C(NC(=O)N2CCN(C3CCN(C(=O)c4cccc(CNC(=O)OC(C)(C)C)c4)CC3)C2=O)C(=O)NC(Cc2ccc(F)c(C(=O)OC(C)(C)C)c2OC)B2O[C@@H]3C[C@@H]4C[C@@H](C4(C)C)[C@]3(C)O2)c(Cl)c1OC. The van der Waals surface area contributed by atoms with Crippen molar-refractivity contribution in [1.29, 1.82) is 0 Å². The number of nitrogens with zero attached hydrogens (tertiary/aromatic N) is 3. The van der Waals surface area contributed by atoms with E-state index in [0.29, 0.717) is 49.4 Å². The summed E-state index contributed by atoms with van der Waals surface area (Å²) >= 11 is 6.93. The van der Waals surface area contributed by atoms with Crippen LogP contribution in [0.5, 0.6) is 17.2 Å². The maximum Gasteiger partial charge on any atom is 0.482 e. The van der Waals surface area contributed by atoms with Gasteiger partial charge in [0.25, 0.3) is 5.91 Å². The highest BCUT2D eigenvalue weighted by atomic mass is 35.5. The number of esters is 1. The molecule has 3 heterocycles. The molecule has 6 atom stereocenters. The van der Waals surface area contributed by atoms with Crippen LogP contribution in [0.1, 0.15) is 131 Å². The second-order valence-electron chi connectivity index (χ2n) is 23.7. The molecule has 3 aromatic carbocycles. The monoisotopic (exact) mass is 1120 g/mol. The van der Waals surface area contributed by atoms with E-state index in [4.69, 9.17) is 44.6 Å². The van der Waals surface area contributed by atoms with Gasteiger partial charge in [-0.3, -0.25) is 9.59 Å². The van der Waals surface area contributed by atoms with Gasteiger partial charge in [0, 0.05) is 49.9 Å². The van der Waals surface area contributed by atoms with Crippen molar-refractivity contribution in [1.82, 2.24) is 30.7 Å². The zero-order valence-electron chi connectivity index (χ0n) is 46.9. The van der Waals surface area contributed by atoms with Crippen LogP contribution in [0.2, 0.25) is 5.02 Å². The van der Waals surface area contributed by atoms with Crippen molar-refractivity contribution < 1.29 is 70.5 Å². The van der Waals surface area contributed by atoms with E-state index in [-0.39, 0.29) is 88.8 Å². The minimum atomic E-state index is -1.82. The fourth-order valence-electron chi connectivity index (χ4n) is 11.9. The van der Waals surface area contributed by atoms with Crippen LogP contribution in [0.4, 0.5) is 23.2 Å². The van der Waals surface area contributed by atoms with Gasteiger partial charge in [-0.1, -0.05) is 43.6 Å².